The first-order chi connectivity index (χ1) is 7.58. The van der Waals surface area contributed by atoms with Crippen molar-refractivity contribution in [3.05, 3.63) is 21.4 Å². The minimum Gasteiger partial charge on any atom is -0.349 e. The first-order valence-electron chi connectivity index (χ1n) is 5.98. The smallest absolute Gasteiger partial charge is 0.261 e. The number of rotatable bonds is 5. The number of nitrogens with one attached hydrogen (secondary N) is 1. The molecule has 0 saturated heterocycles. The molecule has 16 heavy (non-hydrogen) atoms. The van der Waals surface area contributed by atoms with Gasteiger partial charge in [-0.2, -0.15) is 0 Å². The summed E-state index contributed by atoms with van der Waals surface area (Å²) in [6, 6.07) is 2.30. The van der Waals surface area contributed by atoms with Crippen molar-refractivity contribution in [2.45, 2.75) is 53.0 Å². The lowest BCUT2D eigenvalue weighted by atomic mass is 10.1. The van der Waals surface area contributed by atoms with Crippen LogP contribution in [0.4, 0.5) is 0 Å². The fraction of sp³-hybridized carbons (Fsp3) is 0.615. The summed E-state index contributed by atoms with van der Waals surface area (Å²) in [5.41, 5.74) is 1.32. The van der Waals surface area contributed by atoms with E-state index in [4.69, 9.17) is 0 Å². The number of hydrogen-bond acceptors (Lipinski definition) is 2. The van der Waals surface area contributed by atoms with Crippen molar-refractivity contribution >= 4 is 17.2 Å². The van der Waals surface area contributed by atoms with E-state index < -0.39 is 0 Å². The van der Waals surface area contributed by atoms with Crippen molar-refractivity contribution in [1.29, 1.82) is 0 Å². The monoisotopic (exact) mass is 239 g/mol. The van der Waals surface area contributed by atoms with Crippen LogP contribution in [0.2, 0.25) is 0 Å². The second-order valence-corrected chi connectivity index (χ2v) is 5.48. The third-order valence-electron chi connectivity index (χ3n) is 2.75. The Morgan fingerprint density at radius 1 is 1.50 bits per heavy atom. The van der Waals surface area contributed by atoms with E-state index in [1.165, 1.54) is 10.4 Å². The molecule has 1 amide bonds. The minimum atomic E-state index is 0.0739. The van der Waals surface area contributed by atoms with Gasteiger partial charge in [0.1, 0.15) is 0 Å². The molecular weight excluding hydrogens is 218 g/mol. The van der Waals surface area contributed by atoms with Gasteiger partial charge in [-0.1, -0.05) is 20.3 Å². The summed E-state index contributed by atoms with van der Waals surface area (Å²) in [5.74, 6) is 0.0739. The van der Waals surface area contributed by atoms with Gasteiger partial charge in [0.2, 0.25) is 0 Å². The average molecular weight is 239 g/mol. The first kappa shape index (κ1) is 13.2. The van der Waals surface area contributed by atoms with Crippen molar-refractivity contribution < 1.29 is 4.79 Å². The van der Waals surface area contributed by atoms with Crippen molar-refractivity contribution in [3.8, 4) is 0 Å². The van der Waals surface area contributed by atoms with Gasteiger partial charge in [0.05, 0.1) is 4.88 Å². The summed E-state index contributed by atoms with van der Waals surface area (Å²) in [7, 11) is 0. The molecule has 1 N–H and O–H groups in total. The molecule has 90 valence electrons. The Morgan fingerprint density at radius 3 is 2.75 bits per heavy atom. The highest BCUT2D eigenvalue weighted by molar-refractivity contribution is 7.14. The molecule has 0 unspecified atom stereocenters. The number of amides is 1. The highest BCUT2D eigenvalue weighted by atomic mass is 32.1. The van der Waals surface area contributed by atoms with Gasteiger partial charge in [0, 0.05) is 10.9 Å². The number of hydrogen-bond donors (Lipinski definition) is 1. The van der Waals surface area contributed by atoms with Gasteiger partial charge < -0.3 is 5.32 Å². The van der Waals surface area contributed by atoms with Gasteiger partial charge in [-0.25, -0.2) is 0 Å². The molecule has 2 nitrogen and oxygen atoms in total. The third-order valence-corrected chi connectivity index (χ3v) is 3.85. The van der Waals surface area contributed by atoms with E-state index in [1.807, 2.05) is 13.0 Å². The highest BCUT2D eigenvalue weighted by Gasteiger charge is 2.13. The topological polar surface area (TPSA) is 29.1 Å². The zero-order valence-corrected chi connectivity index (χ0v) is 11.4. The number of thiophene rings is 1. The second kappa shape index (κ2) is 6.04. The molecule has 1 heterocycles. The summed E-state index contributed by atoms with van der Waals surface area (Å²) < 4.78 is 0. The van der Waals surface area contributed by atoms with Gasteiger partial charge in [-0.15, -0.1) is 11.3 Å². The van der Waals surface area contributed by atoms with Crippen molar-refractivity contribution in [2.24, 2.45) is 0 Å². The summed E-state index contributed by atoms with van der Waals surface area (Å²) in [6.07, 6.45) is 3.17. The van der Waals surface area contributed by atoms with E-state index in [2.05, 4.69) is 26.1 Å². The fourth-order valence-electron chi connectivity index (χ4n) is 1.55. The molecule has 0 aliphatic rings. The van der Waals surface area contributed by atoms with Gasteiger partial charge in [-0.3, -0.25) is 4.79 Å². The lowest BCUT2D eigenvalue weighted by molar-refractivity contribution is 0.0943. The maximum Gasteiger partial charge on any atom is 0.261 e. The predicted octanol–water partition coefficient (Wildman–Crippen LogP) is 3.54. The number of carbonyl (C=O) groups is 1. The molecule has 0 radical (unpaired) electrons. The molecule has 3 heteroatoms. The van der Waals surface area contributed by atoms with Crippen LogP contribution in [-0.4, -0.2) is 11.9 Å². The van der Waals surface area contributed by atoms with E-state index in [0.29, 0.717) is 0 Å². The quantitative estimate of drug-likeness (QED) is 0.836. The van der Waals surface area contributed by atoms with Crippen LogP contribution >= 0.6 is 11.3 Å². The second-order valence-electron chi connectivity index (χ2n) is 4.22. The van der Waals surface area contributed by atoms with Gasteiger partial charge in [0.15, 0.2) is 0 Å². The molecule has 0 saturated carbocycles. The number of aryl methyl sites for hydroxylation is 2. The third kappa shape index (κ3) is 3.34. The Balaban J connectivity index is 2.72. The van der Waals surface area contributed by atoms with E-state index in [1.54, 1.807) is 11.3 Å². The predicted molar refractivity (Wildman–Crippen MR) is 70.3 cm³/mol. The standard InChI is InChI=1S/C13H21NOS/c1-5-7-11-8-12(16-10(11)4)13(15)14-9(3)6-2/h8-9H,5-7H2,1-4H3,(H,14,15)/t9-/m1/s1. The highest BCUT2D eigenvalue weighted by Crippen LogP contribution is 2.22. The zero-order valence-electron chi connectivity index (χ0n) is 10.6. The average Bonchev–Trinajstić information content (AvgIpc) is 2.61. The maximum atomic E-state index is 11.9. The molecule has 1 aromatic rings. The molecular formula is C13H21NOS. The van der Waals surface area contributed by atoms with Crippen LogP contribution in [0.15, 0.2) is 6.07 Å². The lowest BCUT2D eigenvalue weighted by Gasteiger charge is -2.09. The van der Waals surface area contributed by atoms with Gasteiger partial charge in [-0.05, 0) is 38.3 Å². The Morgan fingerprint density at radius 2 is 2.19 bits per heavy atom. The lowest BCUT2D eigenvalue weighted by Crippen LogP contribution is -2.31. The Bertz CT molecular complexity index is 357. The van der Waals surface area contributed by atoms with E-state index in [-0.39, 0.29) is 11.9 Å². The Labute approximate surface area is 102 Å². The molecule has 0 fully saturated rings. The van der Waals surface area contributed by atoms with Crippen LogP contribution in [0.25, 0.3) is 0 Å². The van der Waals surface area contributed by atoms with Crippen LogP contribution < -0.4 is 5.32 Å². The van der Waals surface area contributed by atoms with E-state index in [9.17, 15) is 4.79 Å². The molecule has 1 atom stereocenters. The Kier molecular flexibility index (Phi) is 5.00. The number of carbonyl (C=O) groups excluding carboxylic acids is 1. The summed E-state index contributed by atoms with van der Waals surface area (Å²) in [4.78, 5) is 14.0. The van der Waals surface area contributed by atoms with E-state index >= 15 is 0 Å². The van der Waals surface area contributed by atoms with Crippen LogP contribution in [0.1, 0.15) is 53.7 Å². The van der Waals surface area contributed by atoms with Crippen molar-refractivity contribution in [2.75, 3.05) is 0 Å². The summed E-state index contributed by atoms with van der Waals surface area (Å²) >= 11 is 1.60. The van der Waals surface area contributed by atoms with Crippen molar-refractivity contribution in [3.63, 3.8) is 0 Å². The molecule has 0 aliphatic carbocycles. The van der Waals surface area contributed by atoms with E-state index in [0.717, 1.165) is 24.1 Å². The molecule has 0 aromatic carbocycles. The summed E-state index contributed by atoms with van der Waals surface area (Å²) in [5, 5.41) is 3.00. The molecule has 0 aliphatic heterocycles. The first-order valence-corrected chi connectivity index (χ1v) is 6.80. The zero-order chi connectivity index (χ0) is 12.1. The maximum absolute atomic E-state index is 11.9. The SMILES string of the molecule is CCCc1cc(C(=O)N[C@H](C)CC)sc1C. The molecule has 0 spiro atoms. The largest absolute Gasteiger partial charge is 0.349 e. The van der Waals surface area contributed by atoms with Crippen LogP contribution in [0.5, 0.6) is 0 Å². The summed E-state index contributed by atoms with van der Waals surface area (Å²) in [6.45, 7) is 8.37. The molecule has 1 aromatic heterocycles. The van der Waals surface area contributed by atoms with Crippen LogP contribution in [-0.2, 0) is 6.42 Å². The van der Waals surface area contributed by atoms with Crippen molar-refractivity contribution in [1.82, 2.24) is 5.32 Å². The van der Waals surface area contributed by atoms with Crippen LogP contribution in [0.3, 0.4) is 0 Å². The fourth-order valence-corrected chi connectivity index (χ4v) is 2.52. The Hall–Kier alpha value is -0.830. The van der Waals surface area contributed by atoms with Crippen LogP contribution in [0, 0.1) is 6.92 Å². The normalized spacial score (nSPS) is 12.5. The van der Waals surface area contributed by atoms with Gasteiger partial charge in [0.25, 0.3) is 5.91 Å². The molecule has 1 rings (SSSR count). The van der Waals surface area contributed by atoms with Gasteiger partial charge >= 0.3 is 0 Å². The minimum absolute atomic E-state index is 0.0739. The molecule has 0 bridgehead atoms.